The number of nitrogens with zero attached hydrogens (tertiary/aromatic N) is 3. The molecular formula is C16H25N5O2S. The van der Waals surface area contributed by atoms with E-state index in [1.54, 1.807) is 0 Å². The normalized spacial score (nSPS) is 23.8. The van der Waals surface area contributed by atoms with Gasteiger partial charge in [-0.25, -0.2) is 4.79 Å². The second kappa shape index (κ2) is 7.55. The monoisotopic (exact) mass is 351 g/mol. The van der Waals surface area contributed by atoms with Crippen molar-refractivity contribution in [1.82, 2.24) is 25.4 Å². The summed E-state index contributed by atoms with van der Waals surface area (Å²) in [5.74, 6) is 1.21. The summed E-state index contributed by atoms with van der Waals surface area (Å²) in [6.45, 7) is 4.07. The van der Waals surface area contributed by atoms with Crippen LogP contribution in [0.15, 0.2) is 5.16 Å². The lowest BCUT2D eigenvalue weighted by Gasteiger charge is -2.29. The predicted molar refractivity (Wildman–Crippen MR) is 91.8 cm³/mol. The van der Waals surface area contributed by atoms with Crippen LogP contribution in [-0.2, 0) is 4.79 Å². The number of rotatable bonds is 5. The van der Waals surface area contributed by atoms with Crippen molar-refractivity contribution in [3.05, 3.63) is 5.82 Å². The molecule has 3 rings (SSSR count). The molecule has 2 N–H and O–H groups in total. The van der Waals surface area contributed by atoms with Gasteiger partial charge in [-0.2, -0.15) is 0 Å². The van der Waals surface area contributed by atoms with Crippen molar-refractivity contribution < 1.29 is 9.59 Å². The Morgan fingerprint density at radius 3 is 2.67 bits per heavy atom. The summed E-state index contributed by atoms with van der Waals surface area (Å²) < 4.78 is 2.09. The fourth-order valence-corrected chi connectivity index (χ4v) is 4.08. The molecule has 132 valence electrons. The number of aryl methyl sites for hydroxylation is 1. The quantitative estimate of drug-likeness (QED) is 0.795. The molecule has 0 aromatic carbocycles. The van der Waals surface area contributed by atoms with E-state index >= 15 is 0 Å². The summed E-state index contributed by atoms with van der Waals surface area (Å²) in [5, 5.41) is 14.3. The molecule has 0 unspecified atom stereocenters. The van der Waals surface area contributed by atoms with Crippen molar-refractivity contribution in [3.8, 4) is 0 Å². The molecule has 0 saturated heterocycles. The van der Waals surface area contributed by atoms with E-state index in [1.165, 1.54) is 18.2 Å². The number of urea groups is 1. The fraction of sp³-hybridized carbons (Fsp3) is 0.750. The molecule has 2 fully saturated rings. The van der Waals surface area contributed by atoms with Crippen LogP contribution in [0.4, 0.5) is 4.79 Å². The first-order chi connectivity index (χ1) is 11.5. The first kappa shape index (κ1) is 17.3. The average Bonchev–Trinajstić information content (AvgIpc) is 3.30. The highest BCUT2D eigenvalue weighted by atomic mass is 32.2. The molecule has 7 nitrogen and oxygen atoms in total. The molecule has 2 aliphatic rings. The molecule has 0 aliphatic heterocycles. The van der Waals surface area contributed by atoms with E-state index in [1.807, 2.05) is 6.92 Å². The highest BCUT2D eigenvalue weighted by molar-refractivity contribution is 7.99. The molecule has 2 saturated carbocycles. The van der Waals surface area contributed by atoms with Crippen LogP contribution < -0.4 is 10.6 Å². The lowest BCUT2D eigenvalue weighted by molar-refractivity contribution is -0.117. The van der Waals surface area contributed by atoms with Crippen LogP contribution in [0.25, 0.3) is 0 Å². The van der Waals surface area contributed by atoms with Gasteiger partial charge in [-0.3, -0.25) is 10.1 Å². The molecular weight excluding hydrogens is 326 g/mol. The van der Waals surface area contributed by atoms with E-state index in [-0.39, 0.29) is 23.7 Å². The summed E-state index contributed by atoms with van der Waals surface area (Å²) in [6.07, 6.45) is 6.75. The summed E-state index contributed by atoms with van der Waals surface area (Å²) in [5.41, 5.74) is 0. The number of carbonyl (C=O) groups excluding carboxylic acids is 2. The van der Waals surface area contributed by atoms with E-state index in [2.05, 4.69) is 32.3 Å². The van der Waals surface area contributed by atoms with Gasteiger partial charge in [0.05, 0.1) is 5.75 Å². The summed E-state index contributed by atoms with van der Waals surface area (Å²) >= 11 is 1.33. The van der Waals surface area contributed by atoms with Gasteiger partial charge in [-0.15, -0.1) is 10.2 Å². The van der Waals surface area contributed by atoms with Crippen molar-refractivity contribution in [2.24, 2.45) is 5.92 Å². The van der Waals surface area contributed by atoms with E-state index < -0.39 is 0 Å². The van der Waals surface area contributed by atoms with E-state index in [4.69, 9.17) is 0 Å². The van der Waals surface area contributed by atoms with Crippen LogP contribution in [0.3, 0.4) is 0 Å². The van der Waals surface area contributed by atoms with Gasteiger partial charge in [0.1, 0.15) is 5.82 Å². The Morgan fingerprint density at radius 2 is 1.96 bits per heavy atom. The minimum atomic E-state index is -0.390. The predicted octanol–water partition coefficient (Wildman–Crippen LogP) is 2.42. The molecule has 0 spiro atoms. The van der Waals surface area contributed by atoms with Crippen molar-refractivity contribution in [2.75, 3.05) is 5.75 Å². The second-order valence-electron chi connectivity index (χ2n) is 6.81. The van der Waals surface area contributed by atoms with Crippen LogP contribution in [0.2, 0.25) is 0 Å². The molecule has 0 bridgehead atoms. The first-order valence-electron chi connectivity index (χ1n) is 8.69. The number of amides is 3. The summed E-state index contributed by atoms with van der Waals surface area (Å²) in [6, 6.07) is 0.251. The zero-order valence-electron chi connectivity index (χ0n) is 14.2. The number of aromatic nitrogens is 3. The summed E-state index contributed by atoms with van der Waals surface area (Å²) in [4.78, 5) is 24.0. The Kier molecular flexibility index (Phi) is 5.43. The molecule has 1 aromatic rings. The van der Waals surface area contributed by atoms with Gasteiger partial charge < -0.3 is 9.88 Å². The number of nitrogens with one attached hydrogen (secondary N) is 2. The van der Waals surface area contributed by atoms with Crippen molar-refractivity contribution in [2.45, 2.75) is 69.6 Å². The van der Waals surface area contributed by atoms with Gasteiger partial charge in [-0.05, 0) is 38.5 Å². The third kappa shape index (κ3) is 4.28. The molecule has 1 aromatic heterocycles. The molecule has 1 heterocycles. The molecule has 24 heavy (non-hydrogen) atoms. The van der Waals surface area contributed by atoms with Gasteiger partial charge in [0.25, 0.3) is 0 Å². The third-order valence-electron chi connectivity index (χ3n) is 4.76. The summed E-state index contributed by atoms with van der Waals surface area (Å²) in [7, 11) is 0. The zero-order valence-corrected chi connectivity index (χ0v) is 15.1. The van der Waals surface area contributed by atoms with Gasteiger partial charge in [0, 0.05) is 12.1 Å². The van der Waals surface area contributed by atoms with Gasteiger partial charge in [-0.1, -0.05) is 31.5 Å². The highest BCUT2D eigenvalue weighted by Crippen LogP contribution is 2.38. The Bertz CT molecular complexity index is 614. The topological polar surface area (TPSA) is 88.9 Å². The van der Waals surface area contributed by atoms with Crippen molar-refractivity contribution in [3.63, 3.8) is 0 Å². The molecule has 3 amide bonds. The molecule has 8 heteroatoms. The highest BCUT2D eigenvalue weighted by Gasteiger charge is 2.28. The van der Waals surface area contributed by atoms with E-state index in [9.17, 15) is 9.59 Å². The maximum absolute atomic E-state index is 12.0. The second-order valence-corrected chi connectivity index (χ2v) is 7.75. The average molecular weight is 351 g/mol. The minimum absolute atomic E-state index is 0.165. The Morgan fingerprint density at radius 1 is 1.21 bits per heavy atom. The van der Waals surface area contributed by atoms with Gasteiger partial charge in [0.2, 0.25) is 5.91 Å². The minimum Gasteiger partial charge on any atom is -0.335 e. The Labute approximate surface area is 146 Å². The van der Waals surface area contributed by atoms with Crippen LogP contribution in [0, 0.1) is 12.8 Å². The number of thioether (sulfide) groups is 1. The largest absolute Gasteiger partial charge is 0.335 e. The van der Waals surface area contributed by atoms with Crippen LogP contribution >= 0.6 is 11.8 Å². The fourth-order valence-electron chi connectivity index (χ4n) is 3.23. The van der Waals surface area contributed by atoms with Crippen LogP contribution in [0.1, 0.15) is 57.3 Å². The van der Waals surface area contributed by atoms with Gasteiger partial charge in [0.15, 0.2) is 5.16 Å². The van der Waals surface area contributed by atoms with Crippen LogP contribution in [0.5, 0.6) is 0 Å². The molecule has 0 radical (unpaired) electrons. The standard InChI is InChI=1S/C16H25N5O2S/c1-10-5-3-4-6-13(10)17-15(23)18-14(22)9-24-16-20-19-11(2)21(16)12-7-8-12/h10,12-13H,3-9H2,1-2H3,(H2,17,18,22,23)/t10-,13+/m0/s1. The third-order valence-corrected chi connectivity index (χ3v) is 5.70. The van der Waals surface area contributed by atoms with E-state index in [0.717, 1.165) is 43.1 Å². The maximum Gasteiger partial charge on any atom is 0.321 e. The van der Waals surface area contributed by atoms with Crippen molar-refractivity contribution >= 4 is 23.7 Å². The lowest BCUT2D eigenvalue weighted by Crippen LogP contribution is -2.48. The SMILES string of the molecule is Cc1nnc(SCC(=O)NC(=O)N[C@@H]2CCCC[C@@H]2C)n1C1CC1. The number of carbonyl (C=O) groups is 2. The van der Waals surface area contributed by atoms with Crippen molar-refractivity contribution in [1.29, 1.82) is 0 Å². The first-order valence-corrected chi connectivity index (χ1v) is 9.68. The Hall–Kier alpha value is -1.57. The number of imide groups is 1. The molecule has 2 aliphatic carbocycles. The van der Waals surface area contributed by atoms with E-state index in [0.29, 0.717) is 12.0 Å². The van der Waals surface area contributed by atoms with Gasteiger partial charge >= 0.3 is 6.03 Å². The maximum atomic E-state index is 12.0. The smallest absolute Gasteiger partial charge is 0.321 e. The molecule has 2 atom stereocenters. The zero-order chi connectivity index (χ0) is 17.1. The Balaban J connectivity index is 1.44. The lowest BCUT2D eigenvalue weighted by atomic mass is 9.86. The number of hydrogen-bond donors (Lipinski definition) is 2. The van der Waals surface area contributed by atoms with Crippen LogP contribution in [-0.4, -0.2) is 38.5 Å². The number of hydrogen-bond acceptors (Lipinski definition) is 5.